The molecule has 0 saturated carbocycles. The van der Waals surface area contributed by atoms with Gasteiger partial charge in [0.1, 0.15) is 17.5 Å². The first-order chi connectivity index (χ1) is 8.97. The molecule has 0 aliphatic carbocycles. The summed E-state index contributed by atoms with van der Waals surface area (Å²) < 4.78 is 40.6. The zero-order valence-electron chi connectivity index (χ0n) is 9.59. The van der Waals surface area contributed by atoms with Crippen molar-refractivity contribution in [1.82, 2.24) is 0 Å². The minimum absolute atomic E-state index is 0.0535. The van der Waals surface area contributed by atoms with Gasteiger partial charge in [0.2, 0.25) is 0 Å². The zero-order chi connectivity index (χ0) is 14.0. The van der Waals surface area contributed by atoms with Crippen molar-refractivity contribution in [2.45, 2.75) is 10.6 Å². The summed E-state index contributed by atoms with van der Waals surface area (Å²) in [6, 6.07) is 6.50. The second-order valence-electron chi connectivity index (χ2n) is 3.83. The zero-order valence-corrected chi connectivity index (χ0v) is 12.0. The number of thioether (sulfide) groups is 1. The Kier molecular flexibility index (Phi) is 4.42. The second-order valence-corrected chi connectivity index (χ2v) is 5.73. The Morgan fingerprint density at radius 2 is 1.84 bits per heavy atom. The lowest BCUT2D eigenvalue weighted by Gasteiger charge is -2.07. The molecule has 0 unspecified atom stereocenters. The number of nitrogen functional groups attached to an aromatic ring is 1. The van der Waals surface area contributed by atoms with Crippen LogP contribution in [0.25, 0.3) is 0 Å². The SMILES string of the molecule is Nc1cc(F)cc(SCc2c(F)ccc(Br)c2F)c1. The van der Waals surface area contributed by atoms with Crippen LogP contribution < -0.4 is 5.73 Å². The molecule has 0 heterocycles. The van der Waals surface area contributed by atoms with Gasteiger partial charge in [-0.3, -0.25) is 0 Å². The van der Waals surface area contributed by atoms with Crippen LogP contribution >= 0.6 is 27.7 Å². The molecule has 0 aromatic heterocycles. The first kappa shape index (κ1) is 14.3. The molecule has 2 aromatic carbocycles. The van der Waals surface area contributed by atoms with Gasteiger partial charge < -0.3 is 5.73 Å². The van der Waals surface area contributed by atoms with Crippen LogP contribution in [0.2, 0.25) is 0 Å². The third-order valence-corrected chi connectivity index (χ3v) is 4.03. The van der Waals surface area contributed by atoms with E-state index < -0.39 is 17.5 Å². The van der Waals surface area contributed by atoms with E-state index in [0.717, 1.165) is 11.8 Å². The van der Waals surface area contributed by atoms with Crippen molar-refractivity contribution in [3.63, 3.8) is 0 Å². The predicted molar refractivity (Wildman–Crippen MR) is 74.4 cm³/mol. The Labute approximate surface area is 121 Å². The first-order valence-corrected chi connectivity index (χ1v) is 7.06. The van der Waals surface area contributed by atoms with Gasteiger partial charge in [-0.2, -0.15) is 0 Å². The molecule has 0 aliphatic rings. The van der Waals surface area contributed by atoms with E-state index in [4.69, 9.17) is 5.73 Å². The number of rotatable bonds is 3. The molecule has 2 rings (SSSR count). The van der Waals surface area contributed by atoms with Gasteiger partial charge in [-0.05, 0) is 46.3 Å². The molecule has 0 radical (unpaired) electrons. The van der Waals surface area contributed by atoms with E-state index in [1.165, 1.54) is 24.3 Å². The Bertz CT molecular complexity index is 599. The molecule has 2 aromatic rings. The number of hydrogen-bond acceptors (Lipinski definition) is 2. The van der Waals surface area contributed by atoms with Crippen molar-refractivity contribution < 1.29 is 13.2 Å². The maximum atomic E-state index is 13.7. The highest BCUT2D eigenvalue weighted by atomic mass is 79.9. The summed E-state index contributed by atoms with van der Waals surface area (Å²) in [5.74, 6) is -1.69. The molecule has 0 saturated heterocycles. The topological polar surface area (TPSA) is 26.0 Å². The maximum absolute atomic E-state index is 13.7. The van der Waals surface area contributed by atoms with Crippen LogP contribution in [0, 0.1) is 17.5 Å². The maximum Gasteiger partial charge on any atom is 0.144 e. The molecular weight excluding hydrogens is 339 g/mol. The highest BCUT2D eigenvalue weighted by Gasteiger charge is 2.12. The molecule has 6 heteroatoms. The van der Waals surface area contributed by atoms with Gasteiger partial charge in [0.05, 0.1) is 4.47 Å². The number of hydrogen-bond donors (Lipinski definition) is 1. The lowest BCUT2D eigenvalue weighted by molar-refractivity contribution is 0.562. The van der Waals surface area contributed by atoms with Crippen molar-refractivity contribution >= 4 is 33.4 Å². The molecule has 0 bridgehead atoms. The summed E-state index contributed by atoms with van der Waals surface area (Å²) in [5, 5.41) is 0. The van der Waals surface area contributed by atoms with Gasteiger partial charge in [0.15, 0.2) is 0 Å². The third kappa shape index (κ3) is 3.45. The highest BCUT2D eigenvalue weighted by molar-refractivity contribution is 9.10. The van der Waals surface area contributed by atoms with Crippen LogP contribution in [0.1, 0.15) is 5.56 Å². The fourth-order valence-corrected chi connectivity index (χ4v) is 2.89. The van der Waals surface area contributed by atoms with Crippen molar-refractivity contribution in [3.8, 4) is 0 Å². The van der Waals surface area contributed by atoms with E-state index in [9.17, 15) is 13.2 Å². The smallest absolute Gasteiger partial charge is 0.144 e. The molecule has 0 amide bonds. The minimum atomic E-state index is -0.642. The Balaban J connectivity index is 2.21. The van der Waals surface area contributed by atoms with Crippen LogP contribution in [0.3, 0.4) is 0 Å². The minimum Gasteiger partial charge on any atom is -0.399 e. The third-order valence-electron chi connectivity index (χ3n) is 2.42. The molecule has 0 spiro atoms. The van der Waals surface area contributed by atoms with Gasteiger partial charge >= 0.3 is 0 Å². The lowest BCUT2D eigenvalue weighted by Crippen LogP contribution is -1.95. The van der Waals surface area contributed by atoms with Crippen molar-refractivity contribution in [1.29, 1.82) is 0 Å². The molecule has 0 fully saturated rings. The summed E-state index contributed by atoms with van der Waals surface area (Å²) in [6.07, 6.45) is 0. The van der Waals surface area contributed by atoms with Gasteiger partial charge in [-0.1, -0.05) is 0 Å². The van der Waals surface area contributed by atoms with E-state index in [2.05, 4.69) is 15.9 Å². The van der Waals surface area contributed by atoms with Gasteiger partial charge in [-0.25, -0.2) is 13.2 Å². The number of nitrogens with two attached hydrogens (primary N) is 1. The van der Waals surface area contributed by atoms with Crippen LogP contribution in [0.4, 0.5) is 18.9 Å². The number of anilines is 1. The first-order valence-electron chi connectivity index (χ1n) is 5.28. The summed E-state index contributed by atoms with van der Waals surface area (Å²) in [6.45, 7) is 0. The monoisotopic (exact) mass is 347 g/mol. The van der Waals surface area contributed by atoms with E-state index in [1.54, 1.807) is 6.07 Å². The molecule has 0 aliphatic heterocycles. The quantitative estimate of drug-likeness (QED) is 0.493. The Morgan fingerprint density at radius 3 is 2.53 bits per heavy atom. The summed E-state index contributed by atoms with van der Waals surface area (Å²) >= 11 is 4.12. The second kappa shape index (κ2) is 5.88. The fourth-order valence-electron chi connectivity index (χ4n) is 1.52. The predicted octanol–water partition coefficient (Wildman–Crippen LogP) is 4.74. The highest BCUT2D eigenvalue weighted by Crippen LogP contribution is 2.30. The lowest BCUT2D eigenvalue weighted by atomic mass is 10.2. The van der Waals surface area contributed by atoms with E-state index >= 15 is 0 Å². The standard InChI is InChI=1S/C13H9BrF3NS/c14-11-1-2-12(16)10(13(11)17)6-19-9-4-7(15)3-8(18)5-9/h1-5H,6,18H2. The van der Waals surface area contributed by atoms with Crippen LogP contribution in [-0.2, 0) is 5.75 Å². The molecule has 2 N–H and O–H groups in total. The van der Waals surface area contributed by atoms with Gasteiger partial charge in [-0.15, -0.1) is 11.8 Å². The summed E-state index contributed by atoms with van der Waals surface area (Å²) in [4.78, 5) is 0.524. The summed E-state index contributed by atoms with van der Waals surface area (Å²) in [7, 11) is 0. The van der Waals surface area contributed by atoms with E-state index in [0.29, 0.717) is 4.90 Å². The molecule has 19 heavy (non-hydrogen) atoms. The Hall–Kier alpha value is -1.14. The van der Waals surface area contributed by atoms with Crippen LogP contribution in [0.15, 0.2) is 39.7 Å². The average Bonchev–Trinajstić information content (AvgIpc) is 2.33. The molecule has 1 nitrogen and oxygen atoms in total. The Morgan fingerprint density at radius 1 is 1.11 bits per heavy atom. The van der Waals surface area contributed by atoms with E-state index in [-0.39, 0.29) is 21.5 Å². The van der Waals surface area contributed by atoms with Crippen molar-refractivity contribution in [2.75, 3.05) is 5.73 Å². The van der Waals surface area contributed by atoms with Crippen LogP contribution in [0.5, 0.6) is 0 Å². The molecule has 0 atom stereocenters. The van der Waals surface area contributed by atoms with Gasteiger partial charge in [0, 0.05) is 21.9 Å². The molecule has 100 valence electrons. The largest absolute Gasteiger partial charge is 0.399 e. The average molecular weight is 348 g/mol. The van der Waals surface area contributed by atoms with E-state index in [1.807, 2.05) is 0 Å². The van der Waals surface area contributed by atoms with Gasteiger partial charge in [0.25, 0.3) is 0 Å². The molecular formula is C13H9BrF3NS. The van der Waals surface area contributed by atoms with Crippen molar-refractivity contribution in [2.24, 2.45) is 0 Å². The summed E-state index contributed by atoms with van der Waals surface area (Å²) in [5.41, 5.74) is 5.73. The number of benzene rings is 2. The fraction of sp³-hybridized carbons (Fsp3) is 0.0769. The number of halogens is 4. The van der Waals surface area contributed by atoms with Crippen molar-refractivity contribution in [3.05, 3.63) is 57.8 Å². The normalized spacial score (nSPS) is 10.7. The van der Waals surface area contributed by atoms with Crippen LogP contribution in [-0.4, -0.2) is 0 Å².